The van der Waals surface area contributed by atoms with Crippen LogP contribution in [0.25, 0.3) is 10.2 Å². The van der Waals surface area contributed by atoms with Crippen molar-refractivity contribution in [2.75, 3.05) is 39.8 Å². The smallest absolute Gasteiger partial charge is 0.307 e. The molecule has 1 saturated heterocycles. The lowest BCUT2D eigenvalue weighted by atomic mass is 10.1. The molecule has 1 aromatic heterocycles. The van der Waals surface area contributed by atoms with Crippen LogP contribution >= 0.6 is 11.3 Å². The highest BCUT2D eigenvalue weighted by molar-refractivity contribution is 7.16. The molecule has 0 aliphatic carbocycles. The molecule has 1 aromatic carbocycles. The van der Waals surface area contributed by atoms with Crippen molar-refractivity contribution >= 4 is 21.6 Å². The second-order valence-electron chi connectivity index (χ2n) is 7.43. The lowest BCUT2D eigenvalue weighted by Crippen LogP contribution is -2.48. The summed E-state index contributed by atoms with van der Waals surface area (Å²) in [6.07, 6.45) is 6.62. The fourth-order valence-electron chi connectivity index (χ4n) is 3.72. The number of rotatable bonds is 6. The van der Waals surface area contributed by atoms with Crippen LogP contribution in [0.3, 0.4) is 0 Å². The van der Waals surface area contributed by atoms with Gasteiger partial charge in [-0.15, -0.1) is 0 Å². The molecule has 4 nitrogen and oxygen atoms in total. The first-order chi connectivity index (χ1) is 11.6. The maximum absolute atomic E-state index is 11.7. The average Bonchev–Trinajstić information content (AvgIpc) is 2.73. The molecule has 1 aliphatic rings. The molecular weight excluding hydrogens is 318 g/mol. The Morgan fingerprint density at radius 1 is 1.17 bits per heavy atom. The summed E-state index contributed by atoms with van der Waals surface area (Å²) < 4.78 is 4.06. The first-order valence-corrected chi connectivity index (χ1v) is 10.0. The van der Waals surface area contributed by atoms with Gasteiger partial charge in [0.25, 0.3) is 0 Å². The molecule has 0 spiro atoms. The predicted octanol–water partition coefficient (Wildman–Crippen LogP) is 2.75. The highest BCUT2D eigenvalue weighted by Gasteiger charge is 2.22. The fraction of sp³-hybridized carbons (Fsp3) is 0.632. The van der Waals surface area contributed by atoms with Gasteiger partial charge in [0.1, 0.15) is 0 Å². The number of likely N-dealkylation sites (N-methyl/N-ethyl adjacent to an activating group) is 1. The number of nitrogens with zero attached hydrogens (tertiary/aromatic N) is 2. The van der Waals surface area contributed by atoms with Gasteiger partial charge in [-0.2, -0.15) is 0 Å². The standard InChI is InChI=1S/C19H30N3OS/c1-21-17-8-7-16(15-18(17)24-19(21)23)9-10-20-11-14-22(2)12-5-3-4-6-13-22/h7-8,15,20H,3-6,9-14H2,1-2H3/q+1. The molecule has 0 bridgehead atoms. The van der Waals surface area contributed by atoms with E-state index < -0.39 is 0 Å². The van der Waals surface area contributed by atoms with Crippen LogP contribution in [0.4, 0.5) is 0 Å². The Hall–Kier alpha value is -1.17. The summed E-state index contributed by atoms with van der Waals surface area (Å²) in [5.41, 5.74) is 2.35. The van der Waals surface area contributed by atoms with Gasteiger partial charge >= 0.3 is 4.87 Å². The molecule has 2 aromatic rings. The molecule has 5 heteroatoms. The normalized spacial score (nSPS) is 17.9. The maximum atomic E-state index is 11.7. The molecule has 1 aliphatic heterocycles. The summed E-state index contributed by atoms with van der Waals surface area (Å²) >= 11 is 1.34. The van der Waals surface area contributed by atoms with Gasteiger partial charge in [-0.05, 0) is 56.3 Å². The van der Waals surface area contributed by atoms with Gasteiger partial charge in [-0.3, -0.25) is 4.79 Å². The van der Waals surface area contributed by atoms with Crippen LogP contribution < -0.4 is 10.2 Å². The first-order valence-electron chi connectivity index (χ1n) is 9.20. The Labute approximate surface area is 148 Å². The number of fused-ring (bicyclic) bond motifs is 1. The molecule has 0 atom stereocenters. The number of benzene rings is 1. The zero-order valence-electron chi connectivity index (χ0n) is 15.0. The van der Waals surface area contributed by atoms with Gasteiger partial charge in [0, 0.05) is 13.6 Å². The third-order valence-electron chi connectivity index (χ3n) is 5.42. The van der Waals surface area contributed by atoms with E-state index in [1.807, 2.05) is 7.05 Å². The second-order valence-corrected chi connectivity index (χ2v) is 8.43. The van der Waals surface area contributed by atoms with Crippen molar-refractivity contribution in [3.05, 3.63) is 33.4 Å². The van der Waals surface area contributed by atoms with Gasteiger partial charge in [-0.25, -0.2) is 0 Å². The van der Waals surface area contributed by atoms with Crippen molar-refractivity contribution in [2.24, 2.45) is 7.05 Å². The van der Waals surface area contributed by atoms with Gasteiger partial charge in [0.05, 0.1) is 36.9 Å². The van der Waals surface area contributed by atoms with Gasteiger partial charge < -0.3 is 14.4 Å². The molecule has 3 rings (SSSR count). The van der Waals surface area contributed by atoms with E-state index in [0.29, 0.717) is 0 Å². The average molecular weight is 349 g/mol. The Morgan fingerprint density at radius 3 is 2.67 bits per heavy atom. The van der Waals surface area contributed by atoms with Crippen molar-refractivity contribution in [3.63, 3.8) is 0 Å². The van der Waals surface area contributed by atoms with Crippen molar-refractivity contribution in [2.45, 2.75) is 32.1 Å². The summed E-state index contributed by atoms with van der Waals surface area (Å²) in [5.74, 6) is 0. The van der Waals surface area contributed by atoms with Gasteiger partial charge in [0.15, 0.2) is 0 Å². The van der Waals surface area contributed by atoms with Crippen molar-refractivity contribution in [1.82, 2.24) is 9.88 Å². The molecular formula is C19H30N3OS+. The number of aromatic nitrogens is 1. The number of likely N-dealkylation sites (tertiary alicyclic amines) is 1. The largest absolute Gasteiger partial charge is 0.325 e. The molecule has 24 heavy (non-hydrogen) atoms. The van der Waals surface area contributed by atoms with Crippen molar-refractivity contribution < 1.29 is 4.48 Å². The molecule has 1 fully saturated rings. The summed E-state index contributed by atoms with van der Waals surface area (Å²) in [7, 11) is 4.26. The minimum absolute atomic E-state index is 0.120. The molecule has 0 saturated carbocycles. The first kappa shape index (κ1) is 17.6. The maximum Gasteiger partial charge on any atom is 0.307 e. The van der Waals surface area contributed by atoms with E-state index in [4.69, 9.17) is 0 Å². The second kappa shape index (κ2) is 7.81. The monoisotopic (exact) mass is 348 g/mol. The molecule has 1 N–H and O–H groups in total. The van der Waals surface area contributed by atoms with E-state index in [1.165, 1.54) is 66.7 Å². The topological polar surface area (TPSA) is 34.0 Å². The Morgan fingerprint density at radius 2 is 1.92 bits per heavy atom. The van der Waals surface area contributed by atoms with E-state index in [2.05, 4.69) is 30.6 Å². The third-order valence-corrected chi connectivity index (χ3v) is 6.42. The Bertz CT molecular complexity index is 726. The van der Waals surface area contributed by atoms with Gasteiger partial charge in [0.2, 0.25) is 0 Å². The predicted molar refractivity (Wildman–Crippen MR) is 103 cm³/mol. The molecule has 0 amide bonds. The van der Waals surface area contributed by atoms with E-state index in [-0.39, 0.29) is 4.87 Å². The Kier molecular flexibility index (Phi) is 5.74. The van der Waals surface area contributed by atoms with E-state index >= 15 is 0 Å². The number of nitrogens with one attached hydrogen (secondary N) is 1. The van der Waals surface area contributed by atoms with E-state index in [0.717, 1.165) is 29.7 Å². The lowest BCUT2D eigenvalue weighted by molar-refractivity contribution is -0.907. The summed E-state index contributed by atoms with van der Waals surface area (Å²) in [5, 5.41) is 3.61. The van der Waals surface area contributed by atoms with E-state index in [1.54, 1.807) is 4.57 Å². The van der Waals surface area contributed by atoms with Crippen LogP contribution in [-0.2, 0) is 13.5 Å². The SMILES string of the molecule is Cn1c(=O)sc2cc(CCNCC[N+]3(C)CCCCCC3)ccc21. The zero-order valence-corrected chi connectivity index (χ0v) is 15.8. The fourth-order valence-corrected chi connectivity index (χ4v) is 4.66. The third kappa shape index (κ3) is 4.26. The molecule has 2 heterocycles. The zero-order chi connectivity index (χ0) is 17.0. The summed E-state index contributed by atoms with van der Waals surface area (Å²) in [6, 6.07) is 6.40. The number of aryl methyl sites for hydroxylation is 1. The number of hydrogen-bond donors (Lipinski definition) is 1. The minimum Gasteiger partial charge on any atom is -0.325 e. The van der Waals surface area contributed by atoms with Crippen LogP contribution in [0.1, 0.15) is 31.2 Å². The van der Waals surface area contributed by atoms with Crippen molar-refractivity contribution in [3.8, 4) is 0 Å². The van der Waals surface area contributed by atoms with Crippen LogP contribution in [0, 0.1) is 0 Å². The van der Waals surface area contributed by atoms with Gasteiger partial charge in [-0.1, -0.05) is 17.4 Å². The molecule has 132 valence electrons. The molecule has 0 unspecified atom stereocenters. The lowest BCUT2D eigenvalue weighted by Gasteiger charge is -2.33. The Balaban J connectivity index is 1.45. The highest BCUT2D eigenvalue weighted by atomic mass is 32.1. The molecule has 0 radical (unpaired) electrons. The number of thiazole rings is 1. The number of hydrogen-bond acceptors (Lipinski definition) is 3. The quantitative estimate of drug-likeness (QED) is 0.643. The number of quaternary nitrogens is 1. The highest BCUT2D eigenvalue weighted by Crippen LogP contribution is 2.18. The van der Waals surface area contributed by atoms with Crippen LogP contribution in [-0.4, -0.2) is 48.8 Å². The minimum atomic E-state index is 0.120. The van der Waals surface area contributed by atoms with Crippen LogP contribution in [0.2, 0.25) is 0 Å². The van der Waals surface area contributed by atoms with Crippen molar-refractivity contribution in [1.29, 1.82) is 0 Å². The summed E-state index contributed by atoms with van der Waals surface area (Å²) in [6.45, 7) is 6.01. The van der Waals surface area contributed by atoms with Crippen LogP contribution in [0.15, 0.2) is 23.0 Å². The summed E-state index contributed by atoms with van der Waals surface area (Å²) in [4.78, 5) is 11.8. The van der Waals surface area contributed by atoms with E-state index in [9.17, 15) is 4.79 Å². The van der Waals surface area contributed by atoms with Crippen LogP contribution in [0.5, 0.6) is 0 Å².